The van der Waals surface area contributed by atoms with Crippen LogP contribution < -0.4 is 5.32 Å². The number of non-ortho nitro benzene ring substituents is 1. The Balaban J connectivity index is 1.58. The highest BCUT2D eigenvalue weighted by molar-refractivity contribution is 7.99. The molecule has 2 aliphatic rings. The highest BCUT2D eigenvalue weighted by Crippen LogP contribution is 2.38. The van der Waals surface area contributed by atoms with Gasteiger partial charge in [-0.15, -0.1) is 0 Å². The minimum absolute atomic E-state index is 0.0470. The molecule has 0 aromatic heterocycles. The largest absolute Gasteiger partial charge is 0.339 e. The van der Waals surface area contributed by atoms with Gasteiger partial charge in [0.15, 0.2) is 0 Å². The number of carbonyl (C=O) groups excluding carboxylic acids is 1. The number of hydrogen-bond donors (Lipinski definition) is 1. The average molecular weight is 398 g/mol. The summed E-state index contributed by atoms with van der Waals surface area (Å²) in [5, 5.41) is 14.7. The van der Waals surface area contributed by atoms with Crippen LogP contribution in [0.2, 0.25) is 0 Å². The van der Waals surface area contributed by atoms with Crippen molar-refractivity contribution < 1.29 is 9.72 Å². The van der Waals surface area contributed by atoms with Gasteiger partial charge in [0.25, 0.3) is 11.6 Å². The van der Waals surface area contributed by atoms with Gasteiger partial charge in [-0.05, 0) is 49.4 Å². The van der Waals surface area contributed by atoms with Gasteiger partial charge in [0, 0.05) is 41.6 Å². The van der Waals surface area contributed by atoms with Gasteiger partial charge in [-0.3, -0.25) is 14.9 Å². The summed E-state index contributed by atoms with van der Waals surface area (Å²) in [5.41, 5.74) is 0.693. The molecule has 1 N–H and O–H groups in total. The lowest BCUT2D eigenvalue weighted by atomic mass is 9.78. The molecule has 146 valence electrons. The molecule has 4 rings (SSSR count). The van der Waals surface area contributed by atoms with E-state index in [1.165, 1.54) is 30.3 Å². The van der Waals surface area contributed by atoms with Gasteiger partial charge in [0.1, 0.15) is 0 Å². The number of rotatable bonds is 4. The van der Waals surface area contributed by atoms with Crippen LogP contribution in [0.1, 0.15) is 29.6 Å². The quantitative estimate of drug-likeness (QED) is 0.624. The summed E-state index contributed by atoms with van der Waals surface area (Å²) in [4.78, 5) is 27.7. The molecule has 2 aromatic carbocycles. The van der Waals surface area contributed by atoms with Crippen molar-refractivity contribution in [3.63, 3.8) is 0 Å². The fraction of sp³-hybridized carbons (Fsp3) is 0.381. The van der Waals surface area contributed by atoms with Crippen LogP contribution in [0.3, 0.4) is 0 Å². The number of nitro groups is 1. The van der Waals surface area contributed by atoms with E-state index in [2.05, 4.69) is 5.32 Å². The van der Waals surface area contributed by atoms with Gasteiger partial charge in [-0.1, -0.05) is 30.0 Å². The number of piperidine rings is 1. The van der Waals surface area contributed by atoms with E-state index in [1.807, 2.05) is 35.2 Å². The maximum Gasteiger partial charge on any atom is 0.270 e. The Morgan fingerprint density at radius 3 is 2.50 bits per heavy atom. The third kappa shape index (κ3) is 3.91. The molecule has 0 atom stereocenters. The van der Waals surface area contributed by atoms with Crippen LogP contribution >= 0.6 is 11.8 Å². The van der Waals surface area contributed by atoms with Crippen LogP contribution in [-0.2, 0) is 0 Å². The number of nitro benzene ring substituents is 1. The first-order chi connectivity index (χ1) is 13.6. The first-order valence-corrected chi connectivity index (χ1v) is 10.4. The summed E-state index contributed by atoms with van der Waals surface area (Å²) in [7, 11) is 0. The molecule has 28 heavy (non-hydrogen) atoms. The number of likely N-dealkylation sites (tertiary alicyclic amines) is 1. The van der Waals surface area contributed by atoms with Crippen molar-refractivity contribution in [1.82, 2.24) is 10.2 Å². The van der Waals surface area contributed by atoms with Crippen molar-refractivity contribution in [3.8, 4) is 0 Å². The summed E-state index contributed by atoms with van der Waals surface area (Å²) >= 11 is 1.47. The zero-order valence-electron chi connectivity index (χ0n) is 15.6. The normalized spacial score (nSPS) is 18.4. The van der Waals surface area contributed by atoms with Gasteiger partial charge in [0.05, 0.1) is 10.5 Å². The van der Waals surface area contributed by atoms with Crippen LogP contribution in [-0.4, -0.2) is 41.9 Å². The van der Waals surface area contributed by atoms with Gasteiger partial charge >= 0.3 is 0 Å². The van der Waals surface area contributed by atoms with E-state index >= 15 is 0 Å². The zero-order chi connectivity index (χ0) is 19.6. The molecule has 0 bridgehead atoms. The van der Waals surface area contributed by atoms with E-state index in [9.17, 15) is 14.9 Å². The number of hydrogen-bond acceptors (Lipinski definition) is 5. The molecule has 2 heterocycles. The van der Waals surface area contributed by atoms with Crippen molar-refractivity contribution in [1.29, 1.82) is 0 Å². The van der Waals surface area contributed by atoms with E-state index in [-0.39, 0.29) is 11.6 Å². The van der Waals surface area contributed by atoms with Gasteiger partial charge in [0.2, 0.25) is 0 Å². The van der Waals surface area contributed by atoms with Crippen molar-refractivity contribution in [3.05, 3.63) is 64.2 Å². The Kier molecular flexibility index (Phi) is 5.37. The maximum atomic E-state index is 13.3. The Labute approximate surface area is 168 Å². The fourth-order valence-corrected chi connectivity index (χ4v) is 5.02. The molecule has 0 unspecified atom stereocenters. The number of benzene rings is 2. The van der Waals surface area contributed by atoms with Gasteiger partial charge in [-0.25, -0.2) is 0 Å². The van der Waals surface area contributed by atoms with Crippen LogP contribution in [0.4, 0.5) is 5.69 Å². The molecule has 0 radical (unpaired) electrons. The monoisotopic (exact) mass is 397 g/mol. The van der Waals surface area contributed by atoms with E-state index in [0.717, 1.165) is 35.7 Å². The number of nitrogens with one attached hydrogen (secondary N) is 1. The Bertz CT molecular complexity index is 872. The molecule has 7 heteroatoms. The van der Waals surface area contributed by atoms with Crippen LogP contribution in [0.5, 0.6) is 0 Å². The lowest BCUT2D eigenvalue weighted by Gasteiger charge is -2.39. The second-order valence-electron chi connectivity index (χ2n) is 7.57. The van der Waals surface area contributed by atoms with Crippen LogP contribution in [0.15, 0.2) is 58.3 Å². The molecule has 2 aromatic rings. The van der Waals surface area contributed by atoms with Gasteiger partial charge in [-0.2, -0.15) is 0 Å². The molecule has 6 nitrogen and oxygen atoms in total. The van der Waals surface area contributed by atoms with E-state index < -0.39 is 4.92 Å². The lowest BCUT2D eigenvalue weighted by molar-refractivity contribution is -0.384. The summed E-state index contributed by atoms with van der Waals surface area (Å²) < 4.78 is 0. The van der Waals surface area contributed by atoms with E-state index in [1.54, 1.807) is 6.07 Å². The molecular weight excluding hydrogens is 374 g/mol. The van der Waals surface area contributed by atoms with Crippen molar-refractivity contribution in [2.75, 3.05) is 26.2 Å². The Morgan fingerprint density at radius 1 is 1.11 bits per heavy atom. The number of nitrogens with zero attached hydrogens (tertiary/aromatic N) is 2. The molecular formula is C21H23N3O3S. The minimum Gasteiger partial charge on any atom is -0.339 e. The fourth-order valence-electron chi connectivity index (χ4n) is 4.08. The molecule has 1 amide bonds. The molecule has 2 aliphatic heterocycles. The predicted octanol–water partition coefficient (Wildman–Crippen LogP) is 3.96. The summed E-state index contributed by atoms with van der Waals surface area (Å²) in [6.07, 6.45) is 3.14. The maximum absolute atomic E-state index is 13.3. The van der Waals surface area contributed by atoms with Gasteiger partial charge < -0.3 is 10.2 Å². The van der Waals surface area contributed by atoms with E-state index in [4.69, 9.17) is 0 Å². The smallest absolute Gasteiger partial charge is 0.270 e. The van der Waals surface area contributed by atoms with Crippen molar-refractivity contribution in [2.45, 2.75) is 29.1 Å². The standard InChI is InChI=1S/C21H23N3O3S/c25-20(23-12-9-21(10-13-23)8-11-22-15-21)18-14-16(24(26)27)6-7-19(18)28-17-4-2-1-3-5-17/h1-7,14,22H,8-13,15H2. The van der Waals surface area contributed by atoms with Crippen LogP contribution in [0.25, 0.3) is 0 Å². The Hall–Kier alpha value is -2.38. The first-order valence-electron chi connectivity index (χ1n) is 9.58. The minimum atomic E-state index is -0.441. The summed E-state index contributed by atoms with van der Waals surface area (Å²) in [6.45, 7) is 3.49. The highest BCUT2D eigenvalue weighted by atomic mass is 32.2. The van der Waals surface area contributed by atoms with Crippen molar-refractivity contribution >= 4 is 23.4 Å². The van der Waals surface area contributed by atoms with Crippen molar-refractivity contribution in [2.24, 2.45) is 5.41 Å². The third-order valence-electron chi connectivity index (χ3n) is 5.82. The highest BCUT2D eigenvalue weighted by Gasteiger charge is 2.38. The summed E-state index contributed by atoms with van der Waals surface area (Å²) in [5.74, 6) is -0.108. The predicted molar refractivity (Wildman–Crippen MR) is 109 cm³/mol. The molecule has 1 spiro atoms. The topological polar surface area (TPSA) is 75.5 Å². The third-order valence-corrected chi connectivity index (χ3v) is 6.90. The average Bonchev–Trinajstić information content (AvgIpc) is 3.17. The van der Waals surface area contributed by atoms with Crippen LogP contribution in [0, 0.1) is 15.5 Å². The molecule has 2 saturated heterocycles. The number of carbonyl (C=O) groups is 1. The summed E-state index contributed by atoms with van der Waals surface area (Å²) in [6, 6.07) is 14.3. The second kappa shape index (κ2) is 7.93. The Morgan fingerprint density at radius 2 is 1.86 bits per heavy atom. The molecule has 0 aliphatic carbocycles. The lowest BCUT2D eigenvalue weighted by Crippen LogP contribution is -2.44. The zero-order valence-corrected chi connectivity index (χ0v) is 16.4. The second-order valence-corrected chi connectivity index (χ2v) is 8.69. The van der Waals surface area contributed by atoms with E-state index in [0.29, 0.717) is 24.1 Å². The molecule has 0 saturated carbocycles. The first kappa shape index (κ1) is 19.0. The molecule has 2 fully saturated rings. The number of amides is 1. The SMILES string of the molecule is O=C(c1cc([N+](=O)[O-])ccc1Sc1ccccc1)N1CCC2(CCNC2)CC1.